The molecule has 0 saturated heterocycles. The molecule has 1 N–H and O–H groups in total. The van der Waals surface area contributed by atoms with Crippen LogP contribution in [0, 0.1) is 0 Å². The highest BCUT2D eigenvalue weighted by atomic mass is 35.5. The predicted octanol–water partition coefficient (Wildman–Crippen LogP) is 5.22. The number of oxazole rings is 1. The number of anilines is 1. The molecule has 0 bridgehead atoms. The second-order valence-electron chi connectivity index (χ2n) is 5.76. The van der Waals surface area contributed by atoms with Gasteiger partial charge in [-0.15, -0.1) is 0 Å². The average Bonchev–Trinajstić information content (AvgIpc) is 3.15. The average molecular weight is 419 g/mol. The lowest BCUT2D eigenvalue weighted by Gasteiger charge is -2.12. The minimum absolute atomic E-state index is 0.0808. The second-order valence-corrected chi connectivity index (χ2v) is 8.31. The highest BCUT2D eigenvalue weighted by Gasteiger charge is 2.33. The molecule has 0 unspecified atom stereocenters. The Morgan fingerprint density at radius 3 is 2.43 bits per heavy atom. The zero-order valence-electron chi connectivity index (χ0n) is 15.5. The monoisotopic (exact) mass is 418 g/mol. The lowest BCUT2D eigenvalue weighted by atomic mass is 10.2. The molecule has 28 heavy (non-hydrogen) atoms. The molecule has 1 aromatic heterocycles. The maximum Gasteiger partial charge on any atom is 0.384 e. The molecule has 6 nitrogen and oxygen atoms in total. The Balaban J connectivity index is 1.90. The van der Waals surface area contributed by atoms with Crippen molar-refractivity contribution in [2.45, 2.75) is 6.54 Å². The third kappa shape index (κ3) is 4.72. The Labute approximate surface area is 168 Å². The van der Waals surface area contributed by atoms with Crippen molar-refractivity contribution in [3.63, 3.8) is 0 Å². The summed E-state index contributed by atoms with van der Waals surface area (Å²) in [5.74, 6) is 0.481. The smallest absolute Gasteiger partial charge is 0.384 e. The van der Waals surface area contributed by atoms with Crippen LogP contribution in [0.2, 0.25) is 5.02 Å². The number of halogens is 1. The van der Waals surface area contributed by atoms with Gasteiger partial charge in [0.25, 0.3) is 0 Å². The Bertz CT molecular complexity index is 996. The molecule has 3 aromatic rings. The van der Waals surface area contributed by atoms with Crippen LogP contribution in [-0.4, -0.2) is 19.2 Å². The van der Waals surface area contributed by atoms with Gasteiger partial charge in [-0.3, -0.25) is 4.57 Å². The minimum Gasteiger partial charge on any atom is -0.420 e. The van der Waals surface area contributed by atoms with Crippen LogP contribution < -0.4 is 10.8 Å². The number of benzene rings is 2. The summed E-state index contributed by atoms with van der Waals surface area (Å²) in [6.07, 6.45) is 3.53. The first-order valence-electron chi connectivity index (χ1n) is 8.49. The van der Waals surface area contributed by atoms with E-state index in [1.54, 1.807) is 12.1 Å². The summed E-state index contributed by atoms with van der Waals surface area (Å²) in [6.45, 7) is 0.358. The SMILES string of the molecule is COP(=O)(OC)c1nc(C=Cc2ccccc2)oc1NCc1ccccc1Cl. The van der Waals surface area contributed by atoms with E-state index in [-0.39, 0.29) is 17.2 Å². The van der Waals surface area contributed by atoms with Crippen molar-refractivity contribution in [3.05, 3.63) is 76.6 Å². The van der Waals surface area contributed by atoms with Gasteiger partial charge < -0.3 is 18.8 Å². The molecule has 0 aliphatic rings. The van der Waals surface area contributed by atoms with E-state index in [1.807, 2.05) is 54.6 Å². The van der Waals surface area contributed by atoms with Gasteiger partial charge in [-0.25, -0.2) is 0 Å². The molecule has 0 radical (unpaired) electrons. The Hall–Kier alpha value is -2.37. The van der Waals surface area contributed by atoms with E-state index < -0.39 is 7.60 Å². The third-order valence-electron chi connectivity index (χ3n) is 3.98. The molecular weight excluding hydrogens is 399 g/mol. The first-order valence-corrected chi connectivity index (χ1v) is 10.4. The first kappa shape index (κ1) is 20.4. The molecule has 0 amide bonds. The zero-order chi connectivity index (χ0) is 20.0. The van der Waals surface area contributed by atoms with Crippen LogP contribution >= 0.6 is 19.2 Å². The highest BCUT2D eigenvalue weighted by Crippen LogP contribution is 2.47. The van der Waals surface area contributed by atoms with E-state index in [4.69, 9.17) is 25.1 Å². The molecule has 3 rings (SSSR count). The maximum absolute atomic E-state index is 12.9. The molecular formula is C20H20ClN2O4P. The van der Waals surface area contributed by atoms with Crippen LogP contribution in [-0.2, 0) is 20.2 Å². The summed E-state index contributed by atoms with van der Waals surface area (Å²) in [5, 5.41) is 3.70. The lowest BCUT2D eigenvalue weighted by molar-refractivity contribution is 0.286. The van der Waals surface area contributed by atoms with Gasteiger partial charge in [0.15, 0.2) is 0 Å². The lowest BCUT2D eigenvalue weighted by Crippen LogP contribution is -2.15. The largest absolute Gasteiger partial charge is 0.420 e. The third-order valence-corrected chi connectivity index (χ3v) is 6.13. The van der Waals surface area contributed by atoms with Crippen molar-refractivity contribution in [1.29, 1.82) is 0 Å². The summed E-state index contributed by atoms with van der Waals surface area (Å²) in [4.78, 5) is 4.31. The molecule has 0 fully saturated rings. The van der Waals surface area contributed by atoms with Gasteiger partial charge in [-0.2, -0.15) is 4.98 Å². The van der Waals surface area contributed by atoms with Crippen molar-refractivity contribution in [2.75, 3.05) is 19.5 Å². The van der Waals surface area contributed by atoms with Crippen molar-refractivity contribution >= 4 is 42.7 Å². The number of hydrogen-bond donors (Lipinski definition) is 1. The normalized spacial score (nSPS) is 11.8. The number of aromatic nitrogens is 1. The molecule has 0 atom stereocenters. The maximum atomic E-state index is 12.9. The van der Waals surface area contributed by atoms with Crippen LogP contribution in [0.15, 0.2) is 59.0 Å². The van der Waals surface area contributed by atoms with E-state index in [2.05, 4.69) is 10.3 Å². The Morgan fingerprint density at radius 2 is 1.75 bits per heavy atom. The van der Waals surface area contributed by atoms with Crippen molar-refractivity contribution in [3.8, 4) is 0 Å². The number of nitrogens with one attached hydrogen (secondary N) is 1. The fourth-order valence-corrected chi connectivity index (χ4v) is 3.79. The van der Waals surface area contributed by atoms with Crippen LogP contribution in [0.4, 0.5) is 5.88 Å². The summed E-state index contributed by atoms with van der Waals surface area (Å²) >= 11 is 6.20. The van der Waals surface area contributed by atoms with Crippen LogP contribution in [0.5, 0.6) is 0 Å². The number of nitrogens with zero attached hydrogens (tertiary/aromatic N) is 1. The van der Waals surface area contributed by atoms with Gasteiger partial charge >= 0.3 is 7.60 Å². The fraction of sp³-hybridized carbons (Fsp3) is 0.150. The molecule has 0 aliphatic carbocycles. The molecule has 0 spiro atoms. The molecule has 0 aliphatic heterocycles. The molecule has 1 heterocycles. The molecule has 2 aromatic carbocycles. The van der Waals surface area contributed by atoms with Crippen LogP contribution in [0.25, 0.3) is 12.2 Å². The first-order chi connectivity index (χ1) is 13.6. The van der Waals surface area contributed by atoms with E-state index in [9.17, 15) is 4.57 Å². The molecule has 146 valence electrons. The summed E-state index contributed by atoms with van der Waals surface area (Å²) in [6, 6.07) is 17.1. The second kappa shape index (κ2) is 9.22. The van der Waals surface area contributed by atoms with Gasteiger partial charge in [0.1, 0.15) is 0 Å². The Morgan fingerprint density at radius 1 is 1.07 bits per heavy atom. The minimum atomic E-state index is -3.61. The number of rotatable bonds is 8. The van der Waals surface area contributed by atoms with Gasteiger partial charge in [0.2, 0.25) is 17.2 Å². The van der Waals surface area contributed by atoms with E-state index in [0.29, 0.717) is 11.6 Å². The van der Waals surface area contributed by atoms with Crippen LogP contribution in [0.1, 0.15) is 17.0 Å². The zero-order valence-corrected chi connectivity index (χ0v) is 17.1. The highest BCUT2D eigenvalue weighted by molar-refractivity contribution is 7.62. The topological polar surface area (TPSA) is 73.6 Å². The predicted molar refractivity (Wildman–Crippen MR) is 112 cm³/mol. The van der Waals surface area contributed by atoms with Crippen molar-refractivity contribution in [1.82, 2.24) is 4.98 Å². The van der Waals surface area contributed by atoms with Gasteiger partial charge in [0, 0.05) is 31.9 Å². The van der Waals surface area contributed by atoms with Gasteiger partial charge in [-0.05, 0) is 23.3 Å². The van der Waals surface area contributed by atoms with E-state index in [1.165, 1.54) is 14.2 Å². The fourth-order valence-electron chi connectivity index (χ4n) is 2.50. The van der Waals surface area contributed by atoms with Crippen molar-refractivity contribution < 1.29 is 18.0 Å². The van der Waals surface area contributed by atoms with E-state index in [0.717, 1.165) is 11.1 Å². The quantitative estimate of drug-likeness (QED) is 0.505. The molecule has 8 heteroatoms. The van der Waals surface area contributed by atoms with Crippen LogP contribution in [0.3, 0.4) is 0 Å². The number of hydrogen-bond acceptors (Lipinski definition) is 6. The summed E-state index contributed by atoms with van der Waals surface area (Å²) < 4.78 is 28.8. The van der Waals surface area contributed by atoms with Gasteiger partial charge in [0.05, 0.1) is 0 Å². The Kier molecular flexibility index (Phi) is 6.70. The summed E-state index contributed by atoms with van der Waals surface area (Å²) in [5.41, 5.74) is 1.92. The van der Waals surface area contributed by atoms with E-state index >= 15 is 0 Å². The van der Waals surface area contributed by atoms with Crippen molar-refractivity contribution in [2.24, 2.45) is 0 Å². The standard InChI is InChI=1S/C20H20ClN2O4P/c1-25-28(24,26-2)20-19(22-14-16-10-6-7-11-17(16)21)27-18(23-20)13-12-15-8-4-3-5-9-15/h3-13,22H,14H2,1-2H3. The molecule has 0 saturated carbocycles. The summed E-state index contributed by atoms with van der Waals surface area (Å²) in [7, 11) is -1.01. The van der Waals surface area contributed by atoms with Gasteiger partial charge in [-0.1, -0.05) is 60.1 Å².